The van der Waals surface area contributed by atoms with E-state index in [1.54, 1.807) is 0 Å². The standard InChI is InChI=1S/C22H24N6/c1-2-6-17(7-3-1)22-25-19(24-18-9-10-18)16-21(26-22)28-14-12-27(13-15-28)20-8-4-5-11-23-20/h1-8,11,16,18H,9-10,12-15H2,(H,24,25,26). The molecule has 2 aromatic heterocycles. The third-order valence-electron chi connectivity index (χ3n) is 5.25. The maximum Gasteiger partial charge on any atom is 0.163 e. The SMILES string of the molecule is c1ccc(-c2nc(NC3CC3)cc(N3CCN(c4ccccn4)CC3)n2)cc1. The molecule has 0 amide bonds. The summed E-state index contributed by atoms with van der Waals surface area (Å²) >= 11 is 0. The number of pyridine rings is 1. The Balaban J connectivity index is 1.38. The van der Waals surface area contributed by atoms with Crippen LogP contribution in [0.25, 0.3) is 11.4 Å². The molecular weight excluding hydrogens is 348 g/mol. The van der Waals surface area contributed by atoms with Gasteiger partial charge in [0.1, 0.15) is 17.5 Å². The molecule has 1 aliphatic carbocycles. The van der Waals surface area contributed by atoms with Crippen molar-refractivity contribution in [2.75, 3.05) is 41.3 Å². The molecule has 2 fully saturated rings. The first-order valence-corrected chi connectivity index (χ1v) is 9.97. The number of aromatic nitrogens is 3. The topological polar surface area (TPSA) is 57.2 Å². The van der Waals surface area contributed by atoms with Gasteiger partial charge in [-0.3, -0.25) is 0 Å². The van der Waals surface area contributed by atoms with Gasteiger partial charge in [-0.05, 0) is 25.0 Å². The summed E-state index contributed by atoms with van der Waals surface area (Å²) in [7, 11) is 0. The molecule has 6 heteroatoms. The fourth-order valence-corrected chi connectivity index (χ4v) is 3.53. The van der Waals surface area contributed by atoms with Crippen LogP contribution in [0.4, 0.5) is 17.5 Å². The highest BCUT2D eigenvalue weighted by Gasteiger charge is 2.24. The molecule has 142 valence electrons. The highest BCUT2D eigenvalue weighted by molar-refractivity contribution is 5.62. The Labute approximate surface area is 165 Å². The molecule has 6 nitrogen and oxygen atoms in total. The molecule has 0 spiro atoms. The predicted octanol–water partition coefficient (Wildman–Crippen LogP) is 3.44. The number of benzene rings is 1. The fourth-order valence-electron chi connectivity index (χ4n) is 3.53. The van der Waals surface area contributed by atoms with Crippen molar-refractivity contribution in [1.82, 2.24) is 15.0 Å². The van der Waals surface area contributed by atoms with Crippen molar-refractivity contribution in [3.05, 3.63) is 60.8 Å². The minimum atomic E-state index is 0.562. The molecule has 0 bridgehead atoms. The van der Waals surface area contributed by atoms with Crippen LogP contribution in [0.15, 0.2) is 60.8 Å². The van der Waals surface area contributed by atoms with E-state index in [9.17, 15) is 0 Å². The average molecular weight is 372 g/mol. The molecule has 1 N–H and O–H groups in total. The first-order chi connectivity index (χ1) is 13.8. The number of piperazine rings is 1. The maximum absolute atomic E-state index is 4.89. The smallest absolute Gasteiger partial charge is 0.163 e. The van der Waals surface area contributed by atoms with Crippen molar-refractivity contribution in [3.63, 3.8) is 0 Å². The summed E-state index contributed by atoms with van der Waals surface area (Å²) in [6, 6.07) is 19.0. The number of hydrogen-bond acceptors (Lipinski definition) is 6. The molecule has 5 rings (SSSR count). The van der Waals surface area contributed by atoms with Gasteiger partial charge in [0.2, 0.25) is 0 Å². The van der Waals surface area contributed by atoms with E-state index < -0.39 is 0 Å². The van der Waals surface area contributed by atoms with Gasteiger partial charge in [-0.2, -0.15) is 0 Å². The van der Waals surface area contributed by atoms with Gasteiger partial charge in [0.15, 0.2) is 5.82 Å². The molecule has 3 aromatic rings. The summed E-state index contributed by atoms with van der Waals surface area (Å²) < 4.78 is 0. The van der Waals surface area contributed by atoms with Gasteiger partial charge in [-0.25, -0.2) is 15.0 Å². The predicted molar refractivity (Wildman–Crippen MR) is 113 cm³/mol. The lowest BCUT2D eigenvalue weighted by Gasteiger charge is -2.36. The van der Waals surface area contributed by atoms with E-state index in [1.807, 2.05) is 36.5 Å². The summed E-state index contributed by atoms with van der Waals surface area (Å²) in [4.78, 5) is 18.8. The van der Waals surface area contributed by atoms with Crippen molar-refractivity contribution < 1.29 is 0 Å². The average Bonchev–Trinajstić information content (AvgIpc) is 3.59. The van der Waals surface area contributed by atoms with Crippen molar-refractivity contribution in [1.29, 1.82) is 0 Å². The number of nitrogens with zero attached hydrogens (tertiary/aromatic N) is 5. The van der Waals surface area contributed by atoms with E-state index in [2.05, 4.69) is 44.4 Å². The van der Waals surface area contributed by atoms with Crippen molar-refractivity contribution in [2.24, 2.45) is 0 Å². The largest absolute Gasteiger partial charge is 0.367 e. The van der Waals surface area contributed by atoms with Gasteiger partial charge in [0.25, 0.3) is 0 Å². The van der Waals surface area contributed by atoms with Gasteiger partial charge < -0.3 is 15.1 Å². The Kier molecular flexibility index (Phi) is 4.53. The lowest BCUT2D eigenvalue weighted by atomic mass is 10.2. The number of anilines is 3. The second-order valence-corrected chi connectivity index (χ2v) is 7.38. The van der Waals surface area contributed by atoms with E-state index in [0.717, 1.165) is 55.0 Å². The summed E-state index contributed by atoms with van der Waals surface area (Å²) in [5.74, 6) is 3.76. The monoisotopic (exact) mass is 372 g/mol. The minimum Gasteiger partial charge on any atom is -0.367 e. The second kappa shape index (κ2) is 7.46. The van der Waals surface area contributed by atoms with E-state index in [4.69, 9.17) is 9.97 Å². The summed E-state index contributed by atoms with van der Waals surface area (Å²) in [5, 5.41) is 3.54. The Morgan fingerprint density at radius 1 is 0.786 bits per heavy atom. The highest BCUT2D eigenvalue weighted by Crippen LogP contribution is 2.28. The normalized spacial score (nSPS) is 16.9. The van der Waals surface area contributed by atoms with Crippen LogP contribution >= 0.6 is 0 Å². The molecule has 1 aliphatic heterocycles. The Hall–Kier alpha value is -3.15. The molecule has 1 saturated heterocycles. The molecule has 1 saturated carbocycles. The van der Waals surface area contributed by atoms with E-state index in [-0.39, 0.29) is 0 Å². The van der Waals surface area contributed by atoms with Crippen LogP contribution < -0.4 is 15.1 Å². The van der Waals surface area contributed by atoms with E-state index >= 15 is 0 Å². The Morgan fingerprint density at radius 2 is 1.50 bits per heavy atom. The summed E-state index contributed by atoms with van der Waals surface area (Å²) in [6.45, 7) is 3.72. The molecule has 0 radical (unpaired) electrons. The zero-order valence-corrected chi connectivity index (χ0v) is 15.8. The van der Waals surface area contributed by atoms with E-state index in [1.165, 1.54) is 12.8 Å². The molecule has 2 aliphatic rings. The molecule has 3 heterocycles. The van der Waals surface area contributed by atoms with Gasteiger partial charge >= 0.3 is 0 Å². The fraction of sp³-hybridized carbons (Fsp3) is 0.318. The van der Waals surface area contributed by atoms with Crippen LogP contribution in [-0.2, 0) is 0 Å². The van der Waals surface area contributed by atoms with Crippen LogP contribution in [0.5, 0.6) is 0 Å². The molecular formula is C22H24N6. The first kappa shape index (κ1) is 17.0. The van der Waals surface area contributed by atoms with Crippen LogP contribution in [0.2, 0.25) is 0 Å². The quantitative estimate of drug-likeness (QED) is 0.740. The maximum atomic E-state index is 4.89. The number of hydrogen-bond donors (Lipinski definition) is 1. The first-order valence-electron chi connectivity index (χ1n) is 9.97. The zero-order chi connectivity index (χ0) is 18.8. The highest BCUT2D eigenvalue weighted by atomic mass is 15.3. The molecule has 1 aromatic carbocycles. The second-order valence-electron chi connectivity index (χ2n) is 7.38. The lowest BCUT2D eigenvalue weighted by molar-refractivity contribution is 0.641. The third kappa shape index (κ3) is 3.76. The molecule has 0 atom stereocenters. The number of rotatable bonds is 5. The van der Waals surface area contributed by atoms with Gasteiger partial charge in [0, 0.05) is 50.0 Å². The Morgan fingerprint density at radius 3 is 2.18 bits per heavy atom. The minimum absolute atomic E-state index is 0.562. The Bertz CT molecular complexity index is 918. The van der Waals surface area contributed by atoms with Crippen LogP contribution in [0.1, 0.15) is 12.8 Å². The van der Waals surface area contributed by atoms with Crippen LogP contribution in [0.3, 0.4) is 0 Å². The van der Waals surface area contributed by atoms with Crippen molar-refractivity contribution in [3.8, 4) is 11.4 Å². The molecule has 0 unspecified atom stereocenters. The third-order valence-corrected chi connectivity index (χ3v) is 5.25. The van der Waals surface area contributed by atoms with Crippen molar-refractivity contribution >= 4 is 17.5 Å². The van der Waals surface area contributed by atoms with Crippen LogP contribution in [0, 0.1) is 0 Å². The van der Waals surface area contributed by atoms with Gasteiger partial charge in [0.05, 0.1) is 0 Å². The van der Waals surface area contributed by atoms with Crippen molar-refractivity contribution in [2.45, 2.75) is 18.9 Å². The van der Waals surface area contributed by atoms with Gasteiger partial charge in [-0.1, -0.05) is 36.4 Å². The molecule has 28 heavy (non-hydrogen) atoms. The van der Waals surface area contributed by atoms with Crippen LogP contribution in [-0.4, -0.2) is 47.2 Å². The zero-order valence-electron chi connectivity index (χ0n) is 15.8. The lowest BCUT2D eigenvalue weighted by Crippen LogP contribution is -2.47. The number of nitrogens with one attached hydrogen (secondary N) is 1. The summed E-state index contributed by atoms with van der Waals surface area (Å²) in [5.41, 5.74) is 1.05. The van der Waals surface area contributed by atoms with E-state index in [0.29, 0.717) is 6.04 Å². The van der Waals surface area contributed by atoms with Gasteiger partial charge in [-0.15, -0.1) is 0 Å². The summed E-state index contributed by atoms with van der Waals surface area (Å²) in [6.07, 6.45) is 4.31.